The first kappa shape index (κ1) is 13.7. The normalized spacial score (nSPS) is 14.1. The molecule has 0 aliphatic carbocycles. The lowest BCUT2D eigenvalue weighted by molar-refractivity contribution is 0.0197. The topological polar surface area (TPSA) is 38.7 Å². The summed E-state index contributed by atoms with van der Waals surface area (Å²) in [5.74, 6) is 0.892. The third-order valence-corrected chi connectivity index (χ3v) is 2.68. The van der Waals surface area contributed by atoms with Crippen molar-refractivity contribution < 1.29 is 14.6 Å². The highest BCUT2D eigenvalue weighted by atomic mass is 16.5. The van der Waals surface area contributed by atoms with Crippen LogP contribution in [-0.2, 0) is 11.3 Å². The molecular formula is C14H20O3. The zero-order valence-electron chi connectivity index (χ0n) is 10.4. The number of aliphatic hydroxyl groups excluding tert-OH is 1. The van der Waals surface area contributed by atoms with Gasteiger partial charge in [0.15, 0.2) is 0 Å². The van der Waals surface area contributed by atoms with Gasteiger partial charge in [0.2, 0.25) is 0 Å². The summed E-state index contributed by atoms with van der Waals surface area (Å²) in [7, 11) is 1.64. The largest absolute Gasteiger partial charge is 0.497 e. The number of hydrogen-bond donors (Lipinski definition) is 1. The van der Waals surface area contributed by atoms with Crippen molar-refractivity contribution in [1.29, 1.82) is 0 Å². The average molecular weight is 236 g/mol. The van der Waals surface area contributed by atoms with Gasteiger partial charge in [0.1, 0.15) is 5.75 Å². The molecule has 0 aliphatic heterocycles. The van der Waals surface area contributed by atoms with Gasteiger partial charge in [-0.05, 0) is 17.7 Å². The molecule has 1 rings (SSSR count). The van der Waals surface area contributed by atoms with Gasteiger partial charge < -0.3 is 14.6 Å². The van der Waals surface area contributed by atoms with Gasteiger partial charge in [-0.3, -0.25) is 0 Å². The fraction of sp³-hybridized carbons (Fsp3) is 0.429. The second kappa shape index (κ2) is 7.09. The summed E-state index contributed by atoms with van der Waals surface area (Å²) in [6.45, 7) is 6.25. The second-order valence-corrected chi connectivity index (χ2v) is 4.02. The lowest BCUT2D eigenvalue weighted by atomic mass is 10.1. The van der Waals surface area contributed by atoms with E-state index < -0.39 is 0 Å². The molecule has 0 unspecified atom stereocenters. The fourth-order valence-corrected chi connectivity index (χ4v) is 1.48. The first-order chi connectivity index (χ1) is 8.21. The van der Waals surface area contributed by atoms with E-state index in [1.54, 1.807) is 13.2 Å². The molecule has 3 heteroatoms. The third kappa shape index (κ3) is 4.21. The van der Waals surface area contributed by atoms with Crippen molar-refractivity contribution in [1.82, 2.24) is 0 Å². The first-order valence-corrected chi connectivity index (χ1v) is 5.69. The van der Waals surface area contributed by atoms with Crippen LogP contribution >= 0.6 is 0 Å². The molecule has 17 heavy (non-hydrogen) atoms. The fourth-order valence-electron chi connectivity index (χ4n) is 1.48. The van der Waals surface area contributed by atoms with Crippen LogP contribution < -0.4 is 4.74 Å². The minimum absolute atomic E-state index is 0.0609. The molecule has 1 N–H and O–H groups in total. The predicted octanol–water partition coefficient (Wildman–Crippen LogP) is 2.39. The number of benzene rings is 1. The molecule has 0 radical (unpaired) electrons. The van der Waals surface area contributed by atoms with E-state index in [2.05, 4.69) is 6.58 Å². The second-order valence-electron chi connectivity index (χ2n) is 4.02. The molecule has 0 fully saturated rings. The average Bonchev–Trinajstić information content (AvgIpc) is 2.39. The number of hydrogen-bond acceptors (Lipinski definition) is 3. The Balaban J connectivity index is 2.50. The molecule has 0 bridgehead atoms. The van der Waals surface area contributed by atoms with Gasteiger partial charge in [0.05, 0.1) is 19.8 Å². The van der Waals surface area contributed by atoms with Crippen LogP contribution in [-0.4, -0.2) is 24.9 Å². The van der Waals surface area contributed by atoms with E-state index in [1.807, 2.05) is 31.2 Å². The van der Waals surface area contributed by atoms with E-state index in [4.69, 9.17) is 14.6 Å². The molecule has 0 spiro atoms. The highest BCUT2D eigenvalue weighted by Gasteiger charge is 2.13. The minimum Gasteiger partial charge on any atom is -0.497 e. The maximum Gasteiger partial charge on any atom is 0.118 e. The van der Waals surface area contributed by atoms with Crippen LogP contribution in [0.2, 0.25) is 0 Å². The first-order valence-electron chi connectivity index (χ1n) is 5.69. The molecule has 0 saturated carbocycles. The Hall–Kier alpha value is -1.32. The highest BCUT2D eigenvalue weighted by Crippen LogP contribution is 2.15. The molecule has 1 aromatic rings. The Morgan fingerprint density at radius 2 is 2.00 bits per heavy atom. The molecule has 0 heterocycles. The maximum absolute atomic E-state index is 9.06. The van der Waals surface area contributed by atoms with E-state index in [1.165, 1.54) is 0 Å². The highest BCUT2D eigenvalue weighted by molar-refractivity contribution is 5.26. The number of rotatable bonds is 7. The Morgan fingerprint density at radius 3 is 2.47 bits per heavy atom. The number of aliphatic hydroxyl groups is 1. The summed E-state index contributed by atoms with van der Waals surface area (Å²) < 4.78 is 10.8. The van der Waals surface area contributed by atoms with Crippen molar-refractivity contribution >= 4 is 0 Å². The summed E-state index contributed by atoms with van der Waals surface area (Å²) >= 11 is 0. The van der Waals surface area contributed by atoms with Crippen molar-refractivity contribution in [3.05, 3.63) is 42.5 Å². The Kier molecular flexibility index (Phi) is 5.73. The molecular weight excluding hydrogens is 216 g/mol. The molecule has 3 nitrogen and oxygen atoms in total. The molecule has 1 aromatic carbocycles. The standard InChI is InChI=1S/C14H20O3/c1-4-14(11(2)9-15)17-10-12-5-7-13(16-3)8-6-12/h4-8,11,14-15H,1,9-10H2,2-3H3/t11-,14+/m0/s1. The van der Waals surface area contributed by atoms with Gasteiger partial charge >= 0.3 is 0 Å². The summed E-state index contributed by atoms with van der Waals surface area (Å²) in [6.07, 6.45) is 1.60. The third-order valence-electron chi connectivity index (χ3n) is 2.68. The van der Waals surface area contributed by atoms with Gasteiger partial charge in [0.25, 0.3) is 0 Å². The molecule has 0 amide bonds. The number of ether oxygens (including phenoxy) is 2. The summed E-state index contributed by atoms with van der Waals surface area (Å²) in [5, 5.41) is 9.06. The van der Waals surface area contributed by atoms with Crippen LogP contribution in [0, 0.1) is 5.92 Å². The Labute approximate surface area is 103 Å². The SMILES string of the molecule is C=C[C@@H](OCc1ccc(OC)cc1)[C@@H](C)CO. The zero-order valence-corrected chi connectivity index (χ0v) is 10.4. The Bertz CT molecular complexity index is 332. The lowest BCUT2D eigenvalue weighted by Crippen LogP contribution is -2.22. The van der Waals surface area contributed by atoms with Crippen molar-refractivity contribution in [3.63, 3.8) is 0 Å². The van der Waals surface area contributed by atoms with Crippen molar-refractivity contribution in [3.8, 4) is 5.75 Å². The van der Waals surface area contributed by atoms with Crippen LogP contribution in [0.1, 0.15) is 12.5 Å². The van der Waals surface area contributed by atoms with Crippen LogP contribution in [0.5, 0.6) is 5.75 Å². The van der Waals surface area contributed by atoms with Crippen LogP contribution in [0.3, 0.4) is 0 Å². The number of methoxy groups -OCH3 is 1. The smallest absolute Gasteiger partial charge is 0.118 e. The molecule has 0 saturated heterocycles. The summed E-state index contributed by atoms with van der Waals surface area (Å²) in [6, 6.07) is 7.72. The van der Waals surface area contributed by atoms with Crippen LogP contribution in [0.15, 0.2) is 36.9 Å². The molecule has 0 aromatic heterocycles. The van der Waals surface area contributed by atoms with Crippen molar-refractivity contribution in [2.45, 2.75) is 19.6 Å². The van der Waals surface area contributed by atoms with Gasteiger partial charge in [-0.25, -0.2) is 0 Å². The van der Waals surface area contributed by atoms with E-state index in [9.17, 15) is 0 Å². The van der Waals surface area contributed by atoms with Gasteiger partial charge in [-0.15, -0.1) is 6.58 Å². The van der Waals surface area contributed by atoms with Gasteiger partial charge in [-0.2, -0.15) is 0 Å². The van der Waals surface area contributed by atoms with Gasteiger partial charge in [0, 0.05) is 12.5 Å². The molecule has 2 atom stereocenters. The molecule has 0 aliphatic rings. The van der Waals surface area contributed by atoms with E-state index >= 15 is 0 Å². The molecule has 94 valence electrons. The van der Waals surface area contributed by atoms with Crippen LogP contribution in [0.4, 0.5) is 0 Å². The predicted molar refractivity (Wildman–Crippen MR) is 68.0 cm³/mol. The monoisotopic (exact) mass is 236 g/mol. The van der Waals surface area contributed by atoms with Crippen molar-refractivity contribution in [2.24, 2.45) is 5.92 Å². The van der Waals surface area contributed by atoms with Crippen molar-refractivity contribution in [2.75, 3.05) is 13.7 Å². The van der Waals surface area contributed by atoms with E-state index in [0.717, 1.165) is 11.3 Å². The summed E-state index contributed by atoms with van der Waals surface area (Å²) in [5.41, 5.74) is 1.07. The Morgan fingerprint density at radius 1 is 1.35 bits per heavy atom. The quantitative estimate of drug-likeness (QED) is 0.739. The summed E-state index contributed by atoms with van der Waals surface area (Å²) in [4.78, 5) is 0. The van der Waals surface area contributed by atoms with Crippen LogP contribution in [0.25, 0.3) is 0 Å². The van der Waals surface area contributed by atoms with E-state index in [0.29, 0.717) is 6.61 Å². The van der Waals surface area contributed by atoms with Gasteiger partial charge in [-0.1, -0.05) is 25.1 Å². The van der Waals surface area contributed by atoms with E-state index in [-0.39, 0.29) is 18.6 Å². The minimum atomic E-state index is -0.123. The zero-order chi connectivity index (χ0) is 12.7. The maximum atomic E-state index is 9.06. The lowest BCUT2D eigenvalue weighted by Gasteiger charge is -2.19.